The van der Waals surface area contributed by atoms with Gasteiger partial charge in [-0.3, -0.25) is 0 Å². The third-order valence-corrected chi connectivity index (χ3v) is 4.73. The molecule has 2 rings (SSSR count). The Morgan fingerprint density at radius 3 is 2.00 bits per heavy atom. The van der Waals surface area contributed by atoms with Crippen LogP contribution < -0.4 is 5.32 Å². The molecule has 0 aromatic heterocycles. The van der Waals surface area contributed by atoms with Crippen molar-refractivity contribution >= 4 is 27.5 Å². The highest BCUT2D eigenvalue weighted by Crippen LogP contribution is 2.29. The maximum Gasteiger partial charge on any atom is 0.0574 e. The van der Waals surface area contributed by atoms with Crippen LogP contribution in [0.1, 0.15) is 42.5 Å². The van der Waals surface area contributed by atoms with Gasteiger partial charge in [0.05, 0.1) is 11.1 Å². The van der Waals surface area contributed by atoms with E-state index in [0.29, 0.717) is 5.92 Å². The molecular formula is C17H19BrClN. The molecule has 0 amide bonds. The molecular weight excluding hydrogens is 334 g/mol. The monoisotopic (exact) mass is 351 g/mol. The van der Waals surface area contributed by atoms with Gasteiger partial charge in [-0.2, -0.15) is 0 Å². The molecule has 0 aliphatic rings. The average molecular weight is 353 g/mol. The fourth-order valence-corrected chi connectivity index (χ4v) is 2.73. The summed E-state index contributed by atoms with van der Waals surface area (Å²) in [5.74, 6) is 0.555. The van der Waals surface area contributed by atoms with Crippen molar-refractivity contribution in [3.63, 3.8) is 0 Å². The molecule has 2 aromatic carbocycles. The Labute approximate surface area is 134 Å². The molecule has 20 heavy (non-hydrogen) atoms. The van der Waals surface area contributed by atoms with E-state index in [9.17, 15) is 0 Å². The highest BCUT2D eigenvalue weighted by Gasteiger charge is 2.13. The van der Waals surface area contributed by atoms with Crippen molar-refractivity contribution in [1.82, 2.24) is 5.32 Å². The summed E-state index contributed by atoms with van der Waals surface area (Å²) in [4.78, 5) is 0. The smallest absolute Gasteiger partial charge is 0.0574 e. The summed E-state index contributed by atoms with van der Waals surface area (Å²) >= 11 is 9.62. The van der Waals surface area contributed by atoms with Crippen LogP contribution in [-0.2, 0) is 0 Å². The molecule has 3 heteroatoms. The van der Waals surface area contributed by atoms with E-state index in [1.807, 2.05) is 19.2 Å². The standard InChI is InChI=1S/C17H19BrClN/c1-11(2)12-4-6-13(7-5-12)17(20-3)14-8-9-15(18)16(19)10-14/h4-11,17,20H,1-3H3. The minimum absolute atomic E-state index is 0.154. The highest BCUT2D eigenvalue weighted by atomic mass is 79.9. The second-order valence-corrected chi connectivity index (χ2v) is 6.48. The zero-order valence-electron chi connectivity index (χ0n) is 12.0. The van der Waals surface area contributed by atoms with Gasteiger partial charge in [-0.15, -0.1) is 0 Å². The van der Waals surface area contributed by atoms with Crippen LogP contribution in [0.15, 0.2) is 46.9 Å². The normalized spacial score (nSPS) is 12.7. The van der Waals surface area contributed by atoms with Crippen molar-refractivity contribution in [3.8, 4) is 0 Å². The minimum atomic E-state index is 0.154. The van der Waals surface area contributed by atoms with Gasteiger partial charge in [0.15, 0.2) is 0 Å². The molecule has 1 nitrogen and oxygen atoms in total. The van der Waals surface area contributed by atoms with E-state index in [2.05, 4.69) is 65.4 Å². The Morgan fingerprint density at radius 2 is 1.50 bits per heavy atom. The molecule has 0 heterocycles. The molecule has 0 fully saturated rings. The molecule has 0 aliphatic carbocycles. The van der Waals surface area contributed by atoms with Gasteiger partial charge in [-0.1, -0.05) is 55.8 Å². The molecule has 0 saturated carbocycles. The van der Waals surface area contributed by atoms with Crippen LogP contribution in [0.4, 0.5) is 0 Å². The van der Waals surface area contributed by atoms with Gasteiger partial charge < -0.3 is 5.32 Å². The maximum atomic E-state index is 6.19. The number of rotatable bonds is 4. The van der Waals surface area contributed by atoms with Crippen molar-refractivity contribution < 1.29 is 0 Å². The van der Waals surface area contributed by atoms with Crippen molar-refractivity contribution in [2.24, 2.45) is 0 Å². The molecule has 0 aliphatic heterocycles. The summed E-state index contributed by atoms with van der Waals surface area (Å²) in [6.07, 6.45) is 0. The predicted molar refractivity (Wildman–Crippen MR) is 90.6 cm³/mol. The van der Waals surface area contributed by atoms with Crippen LogP contribution in [0.2, 0.25) is 5.02 Å². The Hall–Kier alpha value is -0.830. The van der Waals surface area contributed by atoms with Gasteiger partial charge in [0, 0.05) is 4.47 Å². The maximum absolute atomic E-state index is 6.19. The Bertz CT molecular complexity index is 578. The van der Waals surface area contributed by atoms with Crippen LogP contribution in [0.5, 0.6) is 0 Å². The SMILES string of the molecule is CNC(c1ccc(C(C)C)cc1)c1ccc(Br)c(Cl)c1. The zero-order chi connectivity index (χ0) is 14.7. The zero-order valence-corrected chi connectivity index (χ0v) is 14.3. The summed E-state index contributed by atoms with van der Waals surface area (Å²) in [7, 11) is 1.97. The number of hydrogen-bond donors (Lipinski definition) is 1. The van der Waals surface area contributed by atoms with E-state index >= 15 is 0 Å². The van der Waals surface area contributed by atoms with Gasteiger partial charge >= 0.3 is 0 Å². The first kappa shape index (κ1) is 15.6. The van der Waals surface area contributed by atoms with Gasteiger partial charge in [0.25, 0.3) is 0 Å². The minimum Gasteiger partial charge on any atom is -0.309 e. The molecule has 1 unspecified atom stereocenters. The van der Waals surface area contributed by atoms with Crippen molar-refractivity contribution in [2.45, 2.75) is 25.8 Å². The number of benzene rings is 2. The first-order valence-corrected chi connectivity index (χ1v) is 7.92. The lowest BCUT2D eigenvalue weighted by Crippen LogP contribution is -2.17. The van der Waals surface area contributed by atoms with E-state index in [1.54, 1.807) is 0 Å². The lowest BCUT2D eigenvalue weighted by molar-refractivity contribution is 0.691. The number of nitrogens with one attached hydrogen (secondary N) is 1. The molecule has 1 N–H and O–H groups in total. The van der Waals surface area contributed by atoms with E-state index < -0.39 is 0 Å². The van der Waals surface area contributed by atoms with Gasteiger partial charge in [0.2, 0.25) is 0 Å². The lowest BCUT2D eigenvalue weighted by atomic mass is 9.95. The molecule has 0 spiro atoms. The summed E-state index contributed by atoms with van der Waals surface area (Å²) < 4.78 is 0.924. The van der Waals surface area contributed by atoms with Crippen LogP contribution in [0, 0.1) is 0 Å². The summed E-state index contributed by atoms with van der Waals surface area (Å²) in [6.45, 7) is 4.41. The Balaban J connectivity index is 2.33. The average Bonchev–Trinajstić information content (AvgIpc) is 2.44. The van der Waals surface area contributed by atoms with Crippen LogP contribution in [0.3, 0.4) is 0 Å². The molecule has 2 aromatic rings. The van der Waals surface area contributed by atoms with Crippen molar-refractivity contribution in [2.75, 3.05) is 7.05 Å². The predicted octanol–water partition coefficient (Wildman–Crippen LogP) is 5.53. The summed E-state index contributed by atoms with van der Waals surface area (Å²) in [5, 5.41) is 4.09. The fraction of sp³-hybridized carbons (Fsp3) is 0.294. The molecule has 0 saturated heterocycles. The van der Waals surface area contributed by atoms with Crippen molar-refractivity contribution in [3.05, 3.63) is 68.7 Å². The molecule has 1 atom stereocenters. The second-order valence-electron chi connectivity index (χ2n) is 5.22. The van der Waals surface area contributed by atoms with E-state index in [1.165, 1.54) is 11.1 Å². The Morgan fingerprint density at radius 1 is 0.950 bits per heavy atom. The number of hydrogen-bond acceptors (Lipinski definition) is 1. The summed E-state index contributed by atoms with van der Waals surface area (Å²) in [6, 6.07) is 15.0. The van der Waals surface area contributed by atoms with Gasteiger partial charge in [0.1, 0.15) is 0 Å². The van der Waals surface area contributed by atoms with Crippen LogP contribution >= 0.6 is 27.5 Å². The Kier molecular flexibility index (Phi) is 5.25. The third-order valence-electron chi connectivity index (χ3n) is 3.50. The fourth-order valence-electron chi connectivity index (χ4n) is 2.29. The molecule has 106 valence electrons. The van der Waals surface area contributed by atoms with E-state index in [-0.39, 0.29) is 6.04 Å². The number of halogens is 2. The van der Waals surface area contributed by atoms with Crippen LogP contribution in [0.25, 0.3) is 0 Å². The third kappa shape index (κ3) is 3.43. The van der Waals surface area contributed by atoms with Gasteiger partial charge in [-0.05, 0) is 57.7 Å². The molecule has 0 bridgehead atoms. The largest absolute Gasteiger partial charge is 0.309 e. The van der Waals surface area contributed by atoms with E-state index in [0.717, 1.165) is 15.1 Å². The molecule has 0 radical (unpaired) electrons. The quantitative estimate of drug-likeness (QED) is 0.762. The highest BCUT2D eigenvalue weighted by molar-refractivity contribution is 9.10. The summed E-state index contributed by atoms with van der Waals surface area (Å²) in [5.41, 5.74) is 3.77. The lowest BCUT2D eigenvalue weighted by Gasteiger charge is -2.18. The topological polar surface area (TPSA) is 12.0 Å². The van der Waals surface area contributed by atoms with Crippen LogP contribution in [-0.4, -0.2) is 7.05 Å². The van der Waals surface area contributed by atoms with E-state index in [4.69, 9.17) is 11.6 Å². The van der Waals surface area contributed by atoms with Crippen molar-refractivity contribution in [1.29, 1.82) is 0 Å². The van der Waals surface area contributed by atoms with Gasteiger partial charge in [-0.25, -0.2) is 0 Å². The first-order valence-electron chi connectivity index (χ1n) is 6.75. The first-order chi connectivity index (χ1) is 9.52. The second kappa shape index (κ2) is 6.75.